The minimum absolute atomic E-state index is 0.0665. The number of nitrogens with zero attached hydrogens (tertiary/aromatic N) is 5. The molecule has 142 valence electrons. The third-order valence-electron chi connectivity index (χ3n) is 4.27. The van der Waals surface area contributed by atoms with Gasteiger partial charge in [0.25, 0.3) is 0 Å². The average Bonchev–Trinajstić information content (AvgIpc) is 3.49. The van der Waals surface area contributed by atoms with Crippen LogP contribution in [-0.4, -0.2) is 30.8 Å². The van der Waals surface area contributed by atoms with Gasteiger partial charge in [-0.25, -0.2) is 9.67 Å². The van der Waals surface area contributed by atoms with Crippen molar-refractivity contribution in [2.45, 2.75) is 25.8 Å². The molecule has 9 heteroatoms. The highest BCUT2D eigenvalue weighted by Gasteiger charge is 2.13. The van der Waals surface area contributed by atoms with Crippen LogP contribution in [-0.2, 0) is 11.2 Å². The lowest BCUT2D eigenvalue weighted by Crippen LogP contribution is -2.26. The van der Waals surface area contributed by atoms with Crippen molar-refractivity contribution in [3.63, 3.8) is 0 Å². The molecule has 8 nitrogen and oxygen atoms in total. The first-order chi connectivity index (χ1) is 13.7. The summed E-state index contributed by atoms with van der Waals surface area (Å²) >= 11 is 1.57. The number of aryl methyl sites for hydroxylation is 1. The molecule has 4 rings (SSSR count). The second-order valence-corrected chi connectivity index (χ2v) is 7.02. The van der Waals surface area contributed by atoms with Crippen LogP contribution in [0.15, 0.2) is 58.3 Å². The maximum Gasteiger partial charge on any atom is 0.227 e. The van der Waals surface area contributed by atoms with Crippen LogP contribution < -0.4 is 5.32 Å². The van der Waals surface area contributed by atoms with Gasteiger partial charge in [-0.05, 0) is 36.1 Å². The van der Waals surface area contributed by atoms with Crippen LogP contribution in [0.4, 0.5) is 0 Å². The van der Waals surface area contributed by atoms with Gasteiger partial charge in [-0.1, -0.05) is 17.3 Å². The molecule has 0 bridgehead atoms. The zero-order chi connectivity index (χ0) is 19.3. The molecule has 1 aromatic carbocycles. The van der Waals surface area contributed by atoms with Gasteiger partial charge >= 0.3 is 0 Å². The lowest BCUT2D eigenvalue weighted by Gasteiger charge is -2.14. The molecule has 3 aromatic heterocycles. The van der Waals surface area contributed by atoms with Crippen molar-refractivity contribution in [2.75, 3.05) is 0 Å². The molecule has 1 N–H and O–H groups in total. The summed E-state index contributed by atoms with van der Waals surface area (Å²) in [6.07, 6.45) is 3.82. The fraction of sp³-hybridized carbons (Fsp3) is 0.211. The largest absolute Gasteiger partial charge is 0.350 e. The summed E-state index contributed by atoms with van der Waals surface area (Å²) in [5, 5.41) is 15.0. The molecular formula is C19H18N6O2S. The first kappa shape index (κ1) is 18.1. The predicted molar refractivity (Wildman–Crippen MR) is 104 cm³/mol. The Kier molecular flexibility index (Phi) is 5.24. The van der Waals surface area contributed by atoms with Gasteiger partial charge in [-0.3, -0.25) is 4.79 Å². The number of hydrogen-bond donors (Lipinski definition) is 1. The average molecular weight is 394 g/mol. The van der Waals surface area contributed by atoms with E-state index in [1.165, 1.54) is 6.33 Å². The van der Waals surface area contributed by atoms with E-state index < -0.39 is 0 Å². The minimum atomic E-state index is -0.110. The molecule has 0 aliphatic heterocycles. The van der Waals surface area contributed by atoms with Gasteiger partial charge in [0.15, 0.2) is 0 Å². The van der Waals surface area contributed by atoms with Crippen LogP contribution in [0.1, 0.15) is 30.8 Å². The molecule has 3 heterocycles. The van der Waals surface area contributed by atoms with E-state index in [0.29, 0.717) is 18.1 Å². The van der Waals surface area contributed by atoms with Gasteiger partial charge in [0.2, 0.25) is 17.6 Å². The second-order valence-electron chi connectivity index (χ2n) is 6.24. The van der Waals surface area contributed by atoms with Crippen molar-refractivity contribution >= 4 is 17.2 Å². The molecule has 28 heavy (non-hydrogen) atoms. The monoisotopic (exact) mass is 394 g/mol. The standard InChI is InChI=1S/C19H18N6O2S/c1-13(14-2-4-16(5-3-14)25-12-20-11-21-25)22-17(26)6-7-18-23-19(24-27-18)15-8-9-28-10-15/h2-5,8-13H,6-7H2,1H3,(H,22,26). The number of carbonyl (C=O) groups excluding carboxylic acids is 1. The van der Waals surface area contributed by atoms with Crippen molar-refractivity contribution < 1.29 is 9.32 Å². The molecule has 1 atom stereocenters. The molecule has 0 aliphatic carbocycles. The Labute approximate surface area is 165 Å². The SMILES string of the molecule is CC(NC(=O)CCc1nc(-c2ccsc2)no1)c1ccc(-n2cncn2)cc1. The van der Waals surface area contributed by atoms with Crippen molar-refractivity contribution in [1.29, 1.82) is 0 Å². The Bertz CT molecular complexity index is 1030. The predicted octanol–water partition coefficient (Wildman–Crippen LogP) is 3.19. The summed E-state index contributed by atoms with van der Waals surface area (Å²) < 4.78 is 6.91. The molecule has 0 spiro atoms. The normalized spacial score (nSPS) is 12.0. The van der Waals surface area contributed by atoms with Crippen molar-refractivity contribution in [2.24, 2.45) is 0 Å². The first-order valence-corrected chi connectivity index (χ1v) is 9.73. The number of benzene rings is 1. The Hall–Kier alpha value is -3.33. The van der Waals surface area contributed by atoms with E-state index in [4.69, 9.17) is 4.52 Å². The summed E-state index contributed by atoms with van der Waals surface area (Å²) in [4.78, 5) is 20.5. The van der Waals surface area contributed by atoms with Crippen molar-refractivity contribution in [3.05, 3.63) is 65.2 Å². The number of nitrogens with one attached hydrogen (secondary N) is 1. The highest BCUT2D eigenvalue weighted by Crippen LogP contribution is 2.19. The van der Waals surface area contributed by atoms with E-state index in [1.54, 1.807) is 22.3 Å². The molecule has 1 unspecified atom stereocenters. The molecule has 4 aromatic rings. The fourth-order valence-electron chi connectivity index (χ4n) is 2.74. The van der Waals surface area contributed by atoms with Crippen LogP contribution >= 0.6 is 11.3 Å². The van der Waals surface area contributed by atoms with Crippen LogP contribution in [0.2, 0.25) is 0 Å². The Morgan fingerprint density at radius 2 is 2.14 bits per heavy atom. The number of amides is 1. The van der Waals surface area contributed by atoms with Crippen LogP contribution in [0.3, 0.4) is 0 Å². The lowest BCUT2D eigenvalue weighted by molar-refractivity contribution is -0.121. The Balaban J connectivity index is 1.30. The van der Waals surface area contributed by atoms with E-state index >= 15 is 0 Å². The van der Waals surface area contributed by atoms with Crippen LogP contribution in [0.5, 0.6) is 0 Å². The summed E-state index contributed by atoms with van der Waals surface area (Å²) in [6, 6.07) is 9.64. The van der Waals surface area contributed by atoms with Crippen LogP contribution in [0, 0.1) is 0 Å². The summed E-state index contributed by atoms with van der Waals surface area (Å²) in [5.74, 6) is 0.946. The highest BCUT2D eigenvalue weighted by atomic mass is 32.1. The highest BCUT2D eigenvalue weighted by molar-refractivity contribution is 7.08. The zero-order valence-corrected chi connectivity index (χ0v) is 16.0. The summed E-state index contributed by atoms with van der Waals surface area (Å²) in [7, 11) is 0. The fourth-order valence-corrected chi connectivity index (χ4v) is 3.37. The van der Waals surface area contributed by atoms with Gasteiger partial charge < -0.3 is 9.84 Å². The van der Waals surface area contributed by atoms with E-state index in [9.17, 15) is 4.79 Å². The van der Waals surface area contributed by atoms with Gasteiger partial charge in [-0.15, -0.1) is 0 Å². The van der Waals surface area contributed by atoms with Crippen molar-refractivity contribution in [1.82, 2.24) is 30.2 Å². The molecule has 0 fully saturated rings. The quantitative estimate of drug-likeness (QED) is 0.517. The molecular weight excluding hydrogens is 376 g/mol. The van der Waals surface area contributed by atoms with Gasteiger partial charge in [0.05, 0.1) is 11.7 Å². The summed E-state index contributed by atoms with van der Waals surface area (Å²) in [5.41, 5.74) is 2.85. The maximum absolute atomic E-state index is 12.3. The van der Waals surface area contributed by atoms with E-state index in [2.05, 4.69) is 25.5 Å². The lowest BCUT2D eigenvalue weighted by atomic mass is 10.1. The van der Waals surface area contributed by atoms with E-state index in [-0.39, 0.29) is 18.4 Å². The second kappa shape index (κ2) is 8.13. The molecule has 1 amide bonds. The number of thiophene rings is 1. The topological polar surface area (TPSA) is 98.7 Å². The van der Waals surface area contributed by atoms with Gasteiger partial charge in [0.1, 0.15) is 12.7 Å². The Morgan fingerprint density at radius 1 is 1.29 bits per heavy atom. The smallest absolute Gasteiger partial charge is 0.227 e. The molecule has 0 saturated heterocycles. The number of aromatic nitrogens is 5. The third-order valence-corrected chi connectivity index (χ3v) is 4.95. The number of rotatable bonds is 7. The number of hydrogen-bond acceptors (Lipinski definition) is 7. The number of carbonyl (C=O) groups is 1. The van der Waals surface area contributed by atoms with Gasteiger partial charge in [-0.2, -0.15) is 21.4 Å². The van der Waals surface area contributed by atoms with E-state index in [1.807, 2.05) is 48.0 Å². The molecule has 0 aliphatic rings. The molecule has 0 radical (unpaired) electrons. The summed E-state index contributed by atoms with van der Waals surface area (Å²) in [6.45, 7) is 1.95. The van der Waals surface area contributed by atoms with E-state index in [0.717, 1.165) is 16.8 Å². The molecule has 0 saturated carbocycles. The maximum atomic E-state index is 12.3. The third kappa shape index (κ3) is 4.15. The Morgan fingerprint density at radius 3 is 2.86 bits per heavy atom. The van der Waals surface area contributed by atoms with Crippen molar-refractivity contribution in [3.8, 4) is 17.1 Å². The minimum Gasteiger partial charge on any atom is -0.350 e. The van der Waals surface area contributed by atoms with Crippen LogP contribution in [0.25, 0.3) is 17.1 Å². The zero-order valence-electron chi connectivity index (χ0n) is 15.1. The van der Waals surface area contributed by atoms with Gasteiger partial charge in [0, 0.05) is 23.8 Å². The first-order valence-electron chi connectivity index (χ1n) is 8.78.